The molecule has 3 heteroatoms. The van der Waals surface area contributed by atoms with E-state index in [1.54, 1.807) is 6.26 Å². The first-order valence-electron chi connectivity index (χ1n) is 7.15. The number of rotatable bonds is 6. The first kappa shape index (κ1) is 15.4. The molecule has 0 aliphatic rings. The second-order valence-electron chi connectivity index (χ2n) is 5.86. The fourth-order valence-corrected chi connectivity index (χ4v) is 2.70. The van der Waals surface area contributed by atoms with Gasteiger partial charge in [0.05, 0.1) is 0 Å². The van der Waals surface area contributed by atoms with E-state index < -0.39 is 8.32 Å². The third-order valence-electron chi connectivity index (χ3n) is 2.76. The predicted octanol–water partition coefficient (Wildman–Crippen LogP) is 5.05. The molecule has 0 aliphatic carbocycles. The van der Waals surface area contributed by atoms with Crippen molar-refractivity contribution in [1.82, 2.24) is 0 Å². The summed E-state index contributed by atoms with van der Waals surface area (Å²) in [4.78, 5) is 0. The molecule has 2 aromatic carbocycles. The van der Waals surface area contributed by atoms with Crippen molar-refractivity contribution in [2.75, 3.05) is 0 Å². The molecule has 0 heterocycles. The van der Waals surface area contributed by atoms with Crippen LogP contribution < -0.4 is 0 Å². The monoisotopic (exact) mass is 298 g/mol. The molecule has 2 rings (SSSR count). The van der Waals surface area contributed by atoms with Crippen molar-refractivity contribution in [3.05, 3.63) is 78.1 Å². The van der Waals surface area contributed by atoms with Crippen LogP contribution in [-0.4, -0.2) is 8.32 Å². The number of ether oxygens (including phenoxy) is 1. The van der Waals surface area contributed by atoms with Gasteiger partial charge in [-0.15, -0.1) is 0 Å². The highest BCUT2D eigenvalue weighted by molar-refractivity contribution is 6.70. The van der Waals surface area contributed by atoms with Gasteiger partial charge < -0.3 is 9.16 Å². The van der Waals surface area contributed by atoms with Gasteiger partial charge >= 0.3 is 0 Å². The minimum atomic E-state index is -1.68. The van der Waals surface area contributed by atoms with E-state index in [-0.39, 0.29) is 0 Å². The number of hydrogen-bond acceptors (Lipinski definition) is 2. The molecule has 0 radical (unpaired) electrons. The number of benzene rings is 2. The second-order valence-corrected chi connectivity index (χ2v) is 10.3. The molecular weight excluding hydrogens is 276 g/mol. The molecule has 0 saturated carbocycles. The van der Waals surface area contributed by atoms with Crippen LogP contribution in [0.4, 0.5) is 0 Å². The maximum absolute atomic E-state index is 6.14. The minimum Gasteiger partial charge on any atom is -0.542 e. The van der Waals surface area contributed by atoms with Gasteiger partial charge in [-0.05, 0) is 25.2 Å². The maximum Gasteiger partial charge on any atom is 0.242 e. The van der Waals surface area contributed by atoms with Crippen molar-refractivity contribution >= 4 is 14.1 Å². The van der Waals surface area contributed by atoms with E-state index in [1.807, 2.05) is 48.5 Å². The van der Waals surface area contributed by atoms with Crippen LogP contribution >= 0.6 is 0 Å². The average Bonchev–Trinajstić information content (AvgIpc) is 2.47. The summed E-state index contributed by atoms with van der Waals surface area (Å²) in [7, 11) is -1.68. The zero-order valence-electron chi connectivity index (χ0n) is 12.9. The third kappa shape index (κ3) is 5.48. The molecule has 0 aliphatic heterocycles. The summed E-state index contributed by atoms with van der Waals surface area (Å²) in [5.74, 6) is 0.811. The molecular formula is C18H22O2Si. The van der Waals surface area contributed by atoms with Crippen LogP contribution in [0.5, 0.6) is 0 Å². The summed E-state index contributed by atoms with van der Waals surface area (Å²) in [5.41, 5.74) is 2.20. The fourth-order valence-electron chi connectivity index (χ4n) is 1.87. The van der Waals surface area contributed by atoms with Crippen molar-refractivity contribution in [3.63, 3.8) is 0 Å². The topological polar surface area (TPSA) is 18.5 Å². The van der Waals surface area contributed by atoms with Crippen LogP contribution in [0.1, 0.15) is 11.1 Å². The molecule has 2 nitrogen and oxygen atoms in total. The standard InChI is InChI=1S/C18H22O2Si/c1-21(2,3)20-18(17-12-8-5-9-13-17)15-19-14-16-10-6-4-7-11-16/h4-13,15H,14H2,1-3H3/b18-15-. The summed E-state index contributed by atoms with van der Waals surface area (Å²) in [5, 5.41) is 0. The molecule has 0 aromatic heterocycles. The molecule has 0 spiro atoms. The van der Waals surface area contributed by atoms with E-state index in [0.717, 1.165) is 16.9 Å². The molecule has 2 aromatic rings. The Bertz CT molecular complexity index is 571. The lowest BCUT2D eigenvalue weighted by molar-refractivity contribution is 0.231. The SMILES string of the molecule is C[Si](C)(C)O/C(=C\OCc1ccccc1)c1ccccc1. The lowest BCUT2D eigenvalue weighted by Gasteiger charge is -2.21. The molecule has 0 saturated heterocycles. The molecule has 0 N–H and O–H groups in total. The molecule has 0 bridgehead atoms. The van der Waals surface area contributed by atoms with Gasteiger partial charge in [-0.25, -0.2) is 0 Å². The summed E-state index contributed by atoms with van der Waals surface area (Å²) in [6.45, 7) is 7.05. The van der Waals surface area contributed by atoms with Crippen LogP contribution in [0, 0.1) is 0 Å². The normalized spacial score (nSPS) is 12.0. The van der Waals surface area contributed by atoms with Gasteiger partial charge in [-0.3, -0.25) is 0 Å². The van der Waals surface area contributed by atoms with E-state index in [2.05, 4.69) is 31.8 Å². The van der Waals surface area contributed by atoms with Crippen molar-refractivity contribution < 1.29 is 9.16 Å². The predicted molar refractivity (Wildman–Crippen MR) is 90.1 cm³/mol. The highest BCUT2D eigenvalue weighted by Gasteiger charge is 2.18. The Hall–Kier alpha value is -2.00. The largest absolute Gasteiger partial charge is 0.542 e. The second kappa shape index (κ2) is 7.13. The molecule has 0 fully saturated rings. The summed E-state index contributed by atoms with van der Waals surface area (Å²) in [6.07, 6.45) is 1.74. The molecule has 21 heavy (non-hydrogen) atoms. The van der Waals surface area contributed by atoms with Crippen LogP contribution in [0.3, 0.4) is 0 Å². The van der Waals surface area contributed by atoms with E-state index in [9.17, 15) is 0 Å². The fraction of sp³-hybridized carbons (Fsp3) is 0.222. The summed E-state index contributed by atoms with van der Waals surface area (Å²) in [6, 6.07) is 20.2. The summed E-state index contributed by atoms with van der Waals surface area (Å²) >= 11 is 0. The van der Waals surface area contributed by atoms with Gasteiger partial charge in [0.2, 0.25) is 8.32 Å². The Kier molecular flexibility index (Phi) is 5.23. The van der Waals surface area contributed by atoms with Crippen molar-refractivity contribution in [3.8, 4) is 0 Å². The number of hydrogen-bond donors (Lipinski definition) is 0. The van der Waals surface area contributed by atoms with Gasteiger partial charge in [0.15, 0.2) is 0 Å². The Morgan fingerprint density at radius 1 is 0.905 bits per heavy atom. The summed E-state index contributed by atoms with van der Waals surface area (Å²) < 4.78 is 11.9. The van der Waals surface area contributed by atoms with Crippen LogP contribution in [-0.2, 0) is 15.8 Å². The van der Waals surface area contributed by atoms with Gasteiger partial charge in [0.1, 0.15) is 18.6 Å². The molecule has 0 unspecified atom stereocenters. The van der Waals surface area contributed by atoms with Crippen LogP contribution in [0.15, 0.2) is 66.9 Å². The molecule has 110 valence electrons. The first-order chi connectivity index (χ1) is 10.0. The quantitative estimate of drug-likeness (QED) is 0.548. The lowest BCUT2D eigenvalue weighted by Crippen LogP contribution is -2.24. The maximum atomic E-state index is 6.14. The lowest BCUT2D eigenvalue weighted by atomic mass is 10.2. The molecule has 0 amide bonds. The van der Waals surface area contributed by atoms with Gasteiger partial charge in [0, 0.05) is 5.56 Å². The average molecular weight is 298 g/mol. The van der Waals surface area contributed by atoms with Gasteiger partial charge in [-0.2, -0.15) is 0 Å². The van der Waals surface area contributed by atoms with Crippen molar-refractivity contribution in [2.24, 2.45) is 0 Å². The highest BCUT2D eigenvalue weighted by Crippen LogP contribution is 2.21. The highest BCUT2D eigenvalue weighted by atomic mass is 28.4. The van der Waals surface area contributed by atoms with E-state index in [1.165, 1.54) is 0 Å². The van der Waals surface area contributed by atoms with E-state index in [4.69, 9.17) is 9.16 Å². The van der Waals surface area contributed by atoms with E-state index in [0.29, 0.717) is 6.61 Å². The molecule has 0 atom stereocenters. The smallest absolute Gasteiger partial charge is 0.242 e. The Morgan fingerprint density at radius 2 is 1.48 bits per heavy atom. The zero-order chi connectivity index (χ0) is 15.1. The van der Waals surface area contributed by atoms with E-state index >= 15 is 0 Å². The Morgan fingerprint density at radius 3 is 2.05 bits per heavy atom. The van der Waals surface area contributed by atoms with Crippen LogP contribution in [0.2, 0.25) is 19.6 Å². The first-order valence-corrected chi connectivity index (χ1v) is 10.6. The van der Waals surface area contributed by atoms with Gasteiger partial charge in [-0.1, -0.05) is 60.7 Å². The van der Waals surface area contributed by atoms with Gasteiger partial charge in [0.25, 0.3) is 0 Å². The van der Waals surface area contributed by atoms with Crippen molar-refractivity contribution in [2.45, 2.75) is 26.2 Å². The Labute approximate surface area is 128 Å². The zero-order valence-corrected chi connectivity index (χ0v) is 13.9. The van der Waals surface area contributed by atoms with Crippen molar-refractivity contribution in [1.29, 1.82) is 0 Å². The Balaban J connectivity index is 2.10. The minimum absolute atomic E-state index is 0.548. The van der Waals surface area contributed by atoms with Crippen LogP contribution in [0.25, 0.3) is 5.76 Å². The third-order valence-corrected chi connectivity index (χ3v) is 3.59.